The van der Waals surface area contributed by atoms with Gasteiger partial charge in [0.1, 0.15) is 18.0 Å². The van der Waals surface area contributed by atoms with E-state index in [1.54, 1.807) is 23.4 Å². The summed E-state index contributed by atoms with van der Waals surface area (Å²) in [5.41, 5.74) is 0.939. The Hall–Kier alpha value is -3.03. The molecule has 0 saturated carbocycles. The van der Waals surface area contributed by atoms with Gasteiger partial charge in [-0.1, -0.05) is 0 Å². The summed E-state index contributed by atoms with van der Waals surface area (Å²) in [6.07, 6.45) is 8.80. The SMILES string of the molecule is Cc1cncc(N2CCN(c3cc(-n4cccn4)ncn3)CC2)n1. The largest absolute Gasteiger partial charge is 0.353 e. The maximum atomic E-state index is 4.55. The van der Waals surface area contributed by atoms with E-state index in [1.165, 1.54) is 0 Å². The van der Waals surface area contributed by atoms with Crippen molar-refractivity contribution in [3.8, 4) is 5.82 Å². The van der Waals surface area contributed by atoms with Gasteiger partial charge in [0, 0.05) is 50.8 Å². The second-order valence-electron chi connectivity index (χ2n) is 5.68. The van der Waals surface area contributed by atoms with Crippen molar-refractivity contribution in [3.05, 3.63) is 48.9 Å². The summed E-state index contributed by atoms with van der Waals surface area (Å²) in [4.78, 5) is 22.0. The molecule has 0 N–H and O–H groups in total. The number of nitrogens with zero attached hydrogens (tertiary/aromatic N) is 8. The molecule has 0 aromatic carbocycles. The average Bonchev–Trinajstić information content (AvgIpc) is 3.17. The standard InChI is InChI=1S/C16H18N8/c1-13-10-17-11-16(21-13)23-7-5-22(6-8-23)14-9-15(19-12-18-14)24-4-2-3-20-24/h2-4,9-12H,5-8H2,1H3. The second-order valence-corrected chi connectivity index (χ2v) is 5.68. The molecule has 1 aliphatic rings. The van der Waals surface area contributed by atoms with E-state index >= 15 is 0 Å². The third-order valence-electron chi connectivity index (χ3n) is 4.05. The Balaban J connectivity index is 1.47. The summed E-state index contributed by atoms with van der Waals surface area (Å²) in [5, 5.41) is 4.22. The Morgan fingerprint density at radius 2 is 1.67 bits per heavy atom. The summed E-state index contributed by atoms with van der Waals surface area (Å²) >= 11 is 0. The molecule has 8 nitrogen and oxygen atoms in total. The molecule has 0 bridgehead atoms. The average molecular weight is 322 g/mol. The van der Waals surface area contributed by atoms with E-state index in [2.05, 4.69) is 34.8 Å². The van der Waals surface area contributed by atoms with Gasteiger partial charge in [0.2, 0.25) is 0 Å². The van der Waals surface area contributed by atoms with Crippen LogP contribution in [0.5, 0.6) is 0 Å². The van der Waals surface area contributed by atoms with Crippen LogP contribution in [0.1, 0.15) is 5.69 Å². The minimum absolute atomic E-state index is 0.775. The van der Waals surface area contributed by atoms with E-state index in [9.17, 15) is 0 Å². The van der Waals surface area contributed by atoms with Crippen molar-refractivity contribution in [1.29, 1.82) is 0 Å². The summed E-state index contributed by atoms with van der Waals surface area (Å²) in [7, 11) is 0. The van der Waals surface area contributed by atoms with Crippen LogP contribution in [-0.2, 0) is 0 Å². The van der Waals surface area contributed by atoms with Gasteiger partial charge in [-0.05, 0) is 13.0 Å². The van der Waals surface area contributed by atoms with Crippen LogP contribution in [-0.4, -0.2) is 55.9 Å². The van der Waals surface area contributed by atoms with Crippen molar-refractivity contribution in [2.75, 3.05) is 36.0 Å². The Labute approximate surface area is 139 Å². The van der Waals surface area contributed by atoms with E-state index in [0.717, 1.165) is 49.3 Å². The quantitative estimate of drug-likeness (QED) is 0.714. The highest BCUT2D eigenvalue weighted by atomic mass is 15.3. The number of anilines is 2. The van der Waals surface area contributed by atoms with E-state index in [4.69, 9.17) is 0 Å². The van der Waals surface area contributed by atoms with Crippen LogP contribution in [0.15, 0.2) is 43.2 Å². The molecule has 0 atom stereocenters. The predicted molar refractivity (Wildman–Crippen MR) is 90.3 cm³/mol. The van der Waals surface area contributed by atoms with Crippen molar-refractivity contribution in [2.24, 2.45) is 0 Å². The predicted octanol–water partition coefficient (Wildman–Crippen LogP) is 1.09. The molecular formula is C16H18N8. The Morgan fingerprint density at radius 1 is 0.917 bits per heavy atom. The van der Waals surface area contributed by atoms with E-state index in [1.807, 2.05) is 31.5 Å². The highest BCUT2D eigenvalue weighted by Gasteiger charge is 2.20. The number of aromatic nitrogens is 6. The lowest BCUT2D eigenvalue weighted by molar-refractivity contribution is 0.638. The molecule has 4 heterocycles. The first-order valence-electron chi connectivity index (χ1n) is 7.90. The van der Waals surface area contributed by atoms with Crippen LogP contribution in [0.3, 0.4) is 0 Å². The smallest absolute Gasteiger partial charge is 0.158 e. The Kier molecular flexibility index (Phi) is 3.78. The number of hydrogen-bond donors (Lipinski definition) is 0. The van der Waals surface area contributed by atoms with Gasteiger partial charge in [-0.3, -0.25) is 4.98 Å². The molecule has 1 saturated heterocycles. The van der Waals surface area contributed by atoms with E-state index in [0.29, 0.717) is 0 Å². The second kappa shape index (κ2) is 6.23. The van der Waals surface area contributed by atoms with E-state index < -0.39 is 0 Å². The molecule has 0 radical (unpaired) electrons. The molecule has 24 heavy (non-hydrogen) atoms. The molecule has 0 amide bonds. The fourth-order valence-electron chi connectivity index (χ4n) is 2.81. The van der Waals surface area contributed by atoms with Crippen molar-refractivity contribution in [1.82, 2.24) is 29.7 Å². The van der Waals surface area contributed by atoms with Crippen LogP contribution in [0.2, 0.25) is 0 Å². The van der Waals surface area contributed by atoms with Crippen LogP contribution in [0.4, 0.5) is 11.6 Å². The molecule has 0 aliphatic carbocycles. The number of hydrogen-bond acceptors (Lipinski definition) is 7. The molecule has 3 aromatic heterocycles. The fraction of sp³-hybridized carbons (Fsp3) is 0.312. The summed E-state index contributed by atoms with van der Waals surface area (Å²) in [6, 6.07) is 3.85. The van der Waals surface area contributed by atoms with Crippen molar-refractivity contribution in [2.45, 2.75) is 6.92 Å². The first-order chi connectivity index (χ1) is 11.8. The third kappa shape index (κ3) is 2.90. The van der Waals surface area contributed by atoms with Gasteiger partial charge in [-0.15, -0.1) is 0 Å². The van der Waals surface area contributed by atoms with Crippen molar-refractivity contribution >= 4 is 11.6 Å². The molecule has 1 aliphatic heterocycles. The van der Waals surface area contributed by atoms with Gasteiger partial charge in [-0.2, -0.15) is 5.10 Å². The highest BCUT2D eigenvalue weighted by Crippen LogP contribution is 2.18. The van der Waals surface area contributed by atoms with Gasteiger partial charge in [-0.25, -0.2) is 19.6 Å². The molecule has 3 aromatic rings. The van der Waals surface area contributed by atoms with Crippen LogP contribution < -0.4 is 9.80 Å². The number of aryl methyl sites for hydroxylation is 1. The number of rotatable bonds is 3. The highest BCUT2D eigenvalue weighted by molar-refractivity contribution is 5.46. The maximum Gasteiger partial charge on any atom is 0.158 e. The summed E-state index contributed by atoms with van der Waals surface area (Å²) < 4.78 is 1.74. The van der Waals surface area contributed by atoms with Gasteiger partial charge < -0.3 is 9.80 Å². The molecule has 0 spiro atoms. The first-order valence-corrected chi connectivity index (χ1v) is 7.90. The topological polar surface area (TPSA) is 75.9 Å². The monoisotopic (exact) mass is 322 g/mol. The maximum absolute atomic E-state index is 4.55. The lowest BCUT2D eigenvalue weighted by Crippen LogP contribution is -2.47. The molecule has 122 valence electrons. The Morgan fingerprint density at radius 3 is 2.38 bits per heavy atom. The zero-order valence-corrected chi connectivity index (χ0v) is 13.4. The van der Waals surface area contributed by atoms with E-state index in [-0.39, 0.29) is 0 Å². The normalized spacial score (nSPS) is 14.9. The van der Waals surface area contributed by atoms with Crippen LogP contribution >= 0.6 is 0 Å². The summed E-state index contributed by atoms with van der Waals surface area (Å²) in [5.74, 6) is 2.64. The minimum atomic E-state index is 0.775. The molecule has 1 fully saturated rings. The lowest BCUT2D eigenvalue weighted by atomic mass is 10.3. The van der Waals surface area contributed by atoms with Gasteiger partial charge in [0.15, 0.2) is 5.82 Å². The summed E-state index contributed by atoms with van der Waals surface area (Å²) in [6.45, 7) is 5.50. The van der Waals surface area contributed by atoms with Crippen LogP contribution in [0, 0.1) is 6.92 Å². The van der Waals surface area contributed by atoms with Crippen molar-refractivity contribution in [3.63, 3.8) is 0 Å². The lowest BCUT2D eigenvalue weighted by Gasteiger charge is -2.35. The molecule has 8 heteroatoms. The fourth-order valence-corrected chi connectivity index (χ4v) is 2.81. The van der Waals surface area contributed by atoms with Gasteiger partial charge in [0.05, 0.1) is 11.9 Å². The van der Waals surface area contributed by atoms with Crippen LogP contribution in [0.25, 0.3) is 5.82 Å². The van der Waals surface area contributed by atoms with Crippen molar-refractivity contribution < 1.29 is 0 Å². The minimum Gasteiger partial charge on any atom is -0.353 e. The zero-order valence-electron chi connectivity index (χ0n) is 13.4. The molecule has 4 rings (SSSR count). The number of piperazine rings is 1. The third-order valence-corrected chi connectivity index (χ3v) is 4.05. The molecule has 0 unspecified atom stereocenters. The first kappa shape index (κ1) is 14.6. The zero-order chi connectivity index (χ0) is 16.4. The Bertz CT molecular complexity index is 808. The molecular weight excluding hydrogens is 304 g/mol. The van der Waals surface area contributed by atoms with Gasteiger partial charge in [0.25, 0.3) is 0 Å². The van der Waals surface area contributed by atoms with Gasteiger partial charge >= 0.3 is 0 Å².